The quantitative estimate of drug-likeness (QED) is 0.798. The van der Waals surface area contributed by atoms with Crippen LogP contribution >= 0.6 is 0 Å². The van der Waals surface area contributed by atoms with Gasteiger partial charge in [-0.1, -0.05) is 12.1 Å². The summed E-state index contributed by atoms with van der Waals surface area (Å²) in [6, 6.07) is 7.21. The van der Waals surface area contributed by atoms with Crippen LogP contribution in [-0.4, -0.2) is 12.2 Å². The van der Waals surface area contributed by atoms with Crippen molar-refractivity contribution < 1.29 is 31.0 Å². The second kappa shape index (κ2) is 6.18. The van der Waals surface area contributed by atoms with E-state index in [-0.39, 0.29) is 27.7 Å². The smallest absolute Gasteiger partial charge is 0.147 e. The zero-order valence-electron chi connectivity index (χ0n) is 6.78. The van der Waals surface area contributed by atoms with Gasteiger partial charge in [0, 0.05) is 28.1 Å². The second-order valence-electron chi connectivity index (χ2n) is 2.11. The molecule has 0 amide bonds. The molecule has 0 fully saturated rings. The molecule has 12 heavy (non-hydrogen) atoms. The Morgan fingerprint density at radius 2 is 1.92 bits per heavy atom. The van der Waals surface area contributed by atoms with Gasteiger partial charge >= 0.3 is 0 Å². The van der Waals surface area contributed by atoms with Crippen LogP contribution < -0.4 is 10.3 Å². The summed E-state index contributed by atoms with van der Waals surface area (Å²) < 4.78 is 0. The molecule has 0 aliphatic heterocycles. The normalized spacial score (nSPS) is 8.83. The summed E-state index contributed by atoms with van der Waals surface area (Å²) in [6.45, 7) is 0.0693. The van der Waals surface area contributed by atoms with Crippen LogP contribution in [0, 0.1) is 0 Å². The maximum Gasteiger partial charge on any atom is 0.147 e. The van der Waals surface area contributed by atoms with Crippen LogP contribution in [0.4, 0.5) is 0 Å². The molecular weight excluding hydrogens is 326 g/mol. The molecule has 4 heteroatoms. The average Bonchev–Trinajstić information content (AvgIpc) is 2.07. The van der Waals surface area contributed by atoms with Crippen molar-refractivity contribution in [1.29, 1.82) is 0 Å². The summed E-state index contributed by atoms with van der Waals surface area (Å²) in [7, 11) is 1.69. The van der Waals surface area contributed by atoms with Gasteiger partial charge in [-0.3, -0.25) is 0 Å². The van der Waals surface area contributed by atoms with Crippen molar-refractivity contribution in [2.75, 3.05) is 7.05 Å². The zero-order chi connectivity index (χ0) is 8.10. The third-order valence-corrected chi connectivity index (χ3v) is 1.33. The third-order valence-electron chi connectivity index (χ3n) is 1.33. The minimum atomic E-state index is 0. The van der Waals surface area contributed by atoms with Crippen LogP contribution in [-0.2, 0) is 27.7 Å². The SMILES string of the molecule is CNOc1ccc(CO)cc1.[W]. The molecule has 0 aliphatic rings. The molecular formula is C8H11NO2W. The summed E-state index contributed by atoms with van der Waals surface area (Å²) in [5.74, 6) is 0.740. The predicted molar refractivity (Wildman–Crippen MR) is 42.1 cm³/mol. The fourth-order valence-electron chi connectivity index (χ4n) is 0.781. The van der Waals surface area contributed by atoms with E-state index in [4.69, 9.17) is 9.94 Å². The zero-order valence-corrected chi connectivity index (χ0v) is 9.71. The van der Waals surface area contributed by atoms with Gasteiger partial charge in [0.25, 0.3) is 0 Å². The molecule has 66 valence electrons. The Balaban J connectivity index is 0.00000121. The maximum absolute atomic E-state index is 8.70. The number of benzene rings is 1. The van der Waals surface area contributed by atoms with Crippen molar-refractivity contribution >= 4 is 0 Å². The molecule has 0 heterocycles. The molecule has 1 aromatic carbocycles. The predicted octanol–water partition coefficient (Wildman–Crippen LogP) is 0.690. The Morgan fingerprint density at radius 1 is 1.33 bits per heavy atom. The van der Waals surface area contributed by atoms with E-state index in [2.05, 4.69) is 5.48 Å². The van der Waals surface area contributed by atoms with Gasteiger partial charge in [0.2, 0.25) is 0 Å². The summed E-state index contributed by atoms with van der Waals surface area (Å²) in [5.41, 5.74) is 3.44. The minimum Gasteiger partial charge on any atom is -0.409 e. The van der Waals surface area contributed by atoms with E-state index in [1.54, 1.807) is 19.2 Å². The number of aliphatic hydroxyl groups excluding tert-OH is 1. The molecule has 0 bridgehead atoms. The Kier molecular flexibility index (Phi) is 5.99. The van der Waals surface area contributed by atoms with E-state index in [1.807, 2.05) is 12.1 Å². The largest absolute Gasteiger partial charge is 0.409 e. The van der Waals surface area contributed by atoms with E-state index in [9.17, 15) is 0 Å². The molecule has 0 radical (unpaired) electrons. The molecule has 2 N–H and O–H groups in total. The first-order chi connectivity index (χ1) is 5.36. The third kappa shape index (κ3) is 3.35. The van der Waals surface area contributed by atoms with Gasteiger partial charge in [-0.15, -0.1) is 0 Å². The van der Waals surface area contributed by atoms with Crippen LogP contribution in [0.2, 0.25) is 0 Å². The fraction of sp³-hybridized carbons (Fsp3) is 0.250. The van der Waals surface area contributed by atoms with Gasteiger partial charge in [0.1, 0.15) is 5.75 Å². The first-order valence-corrected chi connectivity index (χ1v) is 3.40. The van der Waals surface area contributed by atoms with Crippen molar-refractivity contribution in [3.05, 3.63) is 29.8 Å². The summed E-state index contributed by atoms with van der Waals surface area (Å²) >= 11 is 0. The van der Waals surface area contributed by atoms with Gasteiger partial charge < -0.3 is 9.94 Å². The van der Waals surface area contributed by atoms with Crippen LogP contribution in [0.15, 0.2) is 24.3 Å². The van der Waals surface area contributed by atoms with Crippen molar-refractivity contribution in [2.45, 2.75) is 6.61 Å². The van der Waals surface area contributed by atoms with E-state index >= 15 is 0 Å². The fourth-order valence-corrected chi connectivity index (χ4v) is 0.781. The molecule has 0 atom stereocenters. The Hall–Kier alpha value is -0.372. The summed E-state index contributed by atoms with van der Waals surface area (Å²) in [6.07, 6.45) is 0. The first-order valence-electron chi connectivity index (χ1n) is 3.40. The summed E-state index contributed by atoms with van der Waals surface area (Å²) in [4.78, 5) is 4.97. The average molecular weight is 337 g/mol. The molecule has 0 saturated carbocycles. The van der Waals surface area contributed by atoms with Gasteiger partial charge in [-0.2, -0.15) is 5.48 Å². The van der Waals surface area contributed by atoms with Gasteiger partial charge in [-0.25, -0.2) is 0 Å². The van der Waals surface area contributed by atoms with Gasteiger partial charge in [-0.05, 0) is 17.7 Å². The van der Waals surface area contributed by atoms with E-state index in [0.29, 0.717) is 0 Å². The monoisotopic (exact) mass is 337 g/mol. The molecule has 1 rings (SSSR count). The van der Waals surface area contributed by atoms with Crippen LogP contribution in [0.3, 0.4) is 0 Å². The first kappa shape index (κ1) is 11.6. The van der Waals surface area contributed by atoms with Crippen molar-refractivity contribution in [1.82, 2.24) is 5.48 Å². The van der Waals surface area contributed by atoms with E-state index in [0.717, 1.165) is 11.3 Å². The Morgan fingerprint density at radius 3 is 2.33 bits per heavy atom. The van der Waals surface area contributed by atoms with Crippen LogP contribution in [0.25, 0.3) is 0 Å². The molecule has 0 aliphatic carbocycles. The van der Waals surface area contributed by atoms with Crippen molar-refractivity contribution in [3.63, 3.8) is 0 Å². The Bertz CT molecular complexity index is 213. The second-order valence-corrected chi connectivity index (χ2v) is 2.11. The molecule has 3 nitrogen and oxygen atoms in total. The minimum absolute atomic E-state index is 0. The number of hydrogen-bond donors (Lipinski definition) is 2. The molecule has 0 saturated heterocycles. The number of hydroxylamine groups is 1. The van der Waals surface area contributed by atoms with Gasteiger partial charge in [0.15, 0.2) is 0 Å². The molecule has 1 aromatic rings. The molecule has 0 unspecified atom stereocenters. The van der Waals surface area contributed by atoms with E-state index < -0.39 is 0 Å². The van der Waals surface area contributed by atoms with E-state index in [1.165, 1.54) is 0 Å². The van der Waals surface area contributed by atoms with Crippen molar-refractivity contribution in [2.24, 2.45) is 0 Å². The molecule has 0 aromatic heterocycles. The standard InChI is InChI=1S/C8H11NO2.W/c1-9-11-8-4-2-7(6-10)3-5-8;/h2-5,9-10H,6H2,1H3;. The van der Waals surface area contributed by atoms with Crippen LogP contribution in [0.5, 0.6) is 5.75 Å². The van der Waals surface area contributed by atoms with Gasteiger partial charge in [0.05, 0.1) is 6.61 Å². The van der Waals surface area contributed by atoms with Crippen LogP contribution in [0.1, 0.15) is 5.56 Å². The van der Waals surface area contributed by atoms with Crippen molar-refractivity contribution in [3.8, 4) is 5.75 Å². The maximum atomic E-state index is 8.70. The topological polar surface area (TPSA) is 41.5 Å². The Labute approximate surface area is 86.0 Å². The summed E-state index contributed by atoms with van der Waals surface area (Å²) in [5, 5.41) is 8.70. The number of aliphatic hydroxyl groups is 1. The number of nitrogens with one attached hydrogen (secondary N) is 1. The molecule has 0 spiro atoms. The number of rotatable bonds is 3. The number of hydrogen-bond acceptors (Lipinski definition) is 3.